The number of ether oxygens (including phenoxy) is 4. The maximum atomic E-state index is 13.1. The third kappa shape index (κ3) is 7.24. The second kappa shape index (κ2) is 12.7. The van der Waals surface area contributed by atoms with Crippen molar-refractivity contribution >= 4 is 43.0 Å². The van der Waals surface area contributed by atoms with E-state index in [-0.39, 0.29) is 17.0 Å². The molecule has 0 unspecified atom stereocenters. The maximum Gasteiger partial charge on any atom is 0.296 e. The molecule has 0 spiro atoms. The Morgan fingerprint density at radius 2 is 1.40 bits per heavy atom. The maximum absolute atomic E-state index is 13.1. The van der Waals surface area contributed by atoms with Crippen LogP contribution in [-0.4, -0.2) is 55.1 Å². The van der Waals surface area contributed by atoms with Crippen LogP contribution in [0.2, 0.25) is 0 Å². The van der Waals surface area contributed by atoms with E-state index < -0.39 is 51.7 Å². The number of benzene rings is 3. The van der Waals surface area contributed by atoms with Gasteiger partial charge in [0.15, 0.2) is 14.7 Å². The van der Waals surface area contributed by atoms with Gasteiger partial charge in [-0.3, -0.25) is 25.0 Å². The Morgan fingerprint density at radius 3 is 1.93 bits per heavy atom. The van der Waals surface area contributed by atoms with Crippen LogP contribution in [0, 0.1) is 20.2 Å². The highest BCUT2D eigenvalue weighted by molar-refractivity contribution is 7.93. The second-order valence-electron chi connectivity index (χ2n) is 8.36. The molecule has 17 heteroatoms. The normalized spacial score (nSPS) is 11.6. The number of non-ortho nitro benzene ring substituents is 1. The van der Waals surface area contributed by atoms with E-state index in [4.69, 9.17) is 18.9 Å². The summed E-state index contributed by atoms with van der Waals surface area (Å²) in [5.74, 6) is 0.419. The lowest BCUT2D eigenvalue weighted by Crippen LogP contribution is -2.16. The summed E-state index contributed by atoms with van der Waals surface area (Å²) < 4.78 is 75.3. The molecule has 0 aliphatic carbocycles. The van der Waals surface area contributed by atoms with Gasteiger partial charge in [0.2, 0.25) is 0 Å². The zero-order valence-electron chi connectivity index (χ0n) is 22.6. The number of rotatable bonds is 13. The zero-order valence-corrected chi connectivity index (χ0v) is 24.2. The highest BCUT2D eigenvalue weighted by Gasteiger charge is 2.29. The fourth-order valence-corrected chi connectivity index (χ4v) is 6.06. The predicted molar refractivity (Wildman–Crippen MR) is 151 cm³/mol. The molecule has 0 aliphatic heterocycles. The second-order valence-corrected chi connectivity index (χ2v) is 11.9. The summed E-state index contributed by atoms with van der Waals surface area (Å²) in [5.41, 5.74) is -1.45. The van der Waals surface area contributed by atoms with E-state index in [1.807, 2.05) is 0 Å². The summed E-state index contributed by atoms with van der Waals surface area (Å²) in [4.78, 5) is 19.7. The van der Waals surface area contributed by atoms with Crippen molar-refractivity contribution in [2.75, 3.05) is 33.2 Å². The van der Waals surface area contributed by atoms with Gasteiger partial charge in [-0.15, -0.1) is 0 Å². The summed E-state index contributed by atoms with van der Waals surface area (Å²) in [7, 11) is -3.17. The zero-order chi connectivity index (χ0) is 31.2. The molecule has 15 nitrogen and oxygen atoms in total. The Balaban J connectivity index is 1.96. The minimum Gasteiger partial charge on any atom is -0.496 e. The number of sulfonamides is 1. The number of sulfone groups is 1. The fourth-order valence-electron chi connectivity index (χ4n) is 3.76. The predicted octanol–water partition coefficient (Wildman–Crippen LogP) is 3.92. The van der Waals surface area contributed by atoms with Crippen LogP contribution in [0.1, 0.15) is 11.1 Å². The minimum atomic E-state index is -4.69. The molecule has 224 valence electrons. The number of hydrogen-bond acceptors (Lipinski definition) is 12. The first kappa shape index (κ1) is 31.6. The summed E-state index contributed by atoms with van der Waals surface area (Å²) in [6.45, 7) is 0. The van der Waals surface area contributed by atoms with Gasteiger partial charge < -0.3 is 18.9 Å². The summed E-state index contributed by atoms with van der Waals surface area (Å²) in [5, 5.41) is 23.4. The van der Waals surface area contributed by atoms with Crippen molar-refractivity contribution in [2.45, 2.75) is 10.6 Å². The van der Waals surface area contributed by atoms with Gasteiger partial charge in [0.05, 0.1) is 61.4 Å². The lowest BCUT2D eigenvalue weighted by Gasteiger charge is -2.14. The van der Waals surface area contributed by atoms with Gasteiger partial charge in [0.1, 0.15) is 23.0 Å². The molecule has 0 aromatic heterocycles. The third-order valence-electron chi connectivity index (χ3n) is 5.71. The first-order valence-corrected chi connectivity index (χ1v) is 14.8. The van der Waals surface area contributed by atoms with E-state index in [0.717, 1.165) is 17.5 Å². The minimum absolute atomic E-state index is 0.0208. The number of hydrogen-bond donors (Lipinski definition) is 1. The summed E-state index contributed by atoms with van der Waals surface area (Å²) in [6, 6.07) is 9.04. The average molecular weight is 624 g/mol. The van der Waals surface area contributed by atoms with Crippen LogP contribution >= 0.6 is 0 Å². The smallest absolute Gasteiger partial charge is 0.296 e. The lowest BCUT2D eigenvalue weighted by molar-refractivity contribution is -0.396. The number of methoxy groups -OCH3 is 4. The molecule has 0 fully saturated rings. The quantitative estimate of drug-likeness (QED) is 0.212. The Bertz CT molecular complexity index is 1750. The highest BCUT2D eigenvalue weighted by atomic mass is 32.2. The van der Waals surface area contributed by atoms with Crippen molar-refractivity contribution in [3.8, 4) is 23.0 Å². The highest BCUT2D eigenvalue weighted by Crippen LogP contribution is 2.36. The molecular weight excluding hydrogens is 598 g/mol. The van der Waals surface area contributed by atoms with Crippen molar-refractivity contribution in [3.05, 3.63) is 85.3 Å². The Labute approximate surface area is 240 Å². The van der Waals surface area contributed by atoms with Crippen molar-refractivity contribution in [2.24, 2.45) is 0 Å². The monoisotopic (exact) mass is 623 g/mol. The van der Waals surface area contributed by atoms with Crippen molar-refractivity contribution in [1.29, 1.82) is 0 Å². The van der Waals surface area contributed by atoms with E-state index in [0.29, 0.717) is 28.9 Å². The SMILES string of the molecule is COc1cc(OC)c(/C=C/S(=O)(=O)Cc2ccc(OC)c(NS(=O)(=O)c3ccc([N+](=O)[O-])cc3[N+](=O)[O-])c2)c(OC)c1. The van der Waals surface area contributed by atoms with Crippen LogP contribution in [0.3, 0.4) is 0 Å². The fraction of sp³-hybridized carbons (Fsp3) is 0.200. The van der Waals surface area contributed by atoms with E-state index in [1.165, 1.54) is 52.7 Å². The number of nitro benzene ring substituents is 2. The number of anilines is 1. The molecule has 0 aliphatic rings. The van der Waals surface area contributed by atoms with Crippen LogP contribution in [0.5, 0.6) is 23.0 Å². The first-order chi connectivity index (χ1) is 19.7. The van der Waals surface area contributed by atoms with Gasteiger partial charge in [0, 0.05) is 23.6 Å². The molecule has 3 aromatic rings. The van der Waals surface area contributed by atoms with Crippen molar-refractivity contribution < 1.29 is 45.6 Å². The van der Waals surface area contributed by atoms with E-state index in [9.17, 15) is 37.1 Å². The topological polar surface area (TPSA) is 204 Å². The van der Waals surface area contributed by atoms with Crippen molar-refractivity contribution in [1.82, 2.24) is 0 Å². The molecule has 3 rings (SSSR count). The molecule has 1 N–H and O–H groups in total. The van der Waals surface area contributed by atoms with Gasteiger partial charge in [0.25, 0.3) is 21.4 Å². The van der Waals surface area contributed by atoms with Crippen LogP contribution in [0.4, 0.5) is 17.1 Å². The molecule has 0 heterocycles. The Morgan fingerprint density at radius 1 is 0.786 bits per heavy atom. The van der Waals surface area contributed by atoms with E-state index in [1.54, 1.807) is 12.1 Å². The largest absolute Gasteiger partial charge is 0.496 e. The summed E-state index contributed by atoms with van der Waals surface area (Å²) >= 11 is 0. The summed E-state index contributed by atoms with van der Waals surface area (Å²) in [6.07, 6.45) is 1.29. The molecule has 0 radical (unpaired) electrons. The van der Waals surface area contributed by atoms with Crippen LogP contribution in [-0.2, 0) is 25.6 Å². The van der Waals surface area contributed by atoms with Crippen LogP contribution in [0.25, 0.3) is 6.08 Å². The first-order valence-electron chi connectivity index (χ1n) is 11.6. The molecule has 42 heavy (non-hydrogen) atoms. The van der Waals surface area contributed by atoms with E-state index >= 15 is 0 Å². The van der Waals surface area contributed by atoms with Gasteiger partial charge in [-0.1, -0.05) is 6.07 Å². The molecule has 0 amide bonds. The molecule has 0 bridgehead atoms. The molecule has 0 atom stereocenters. The van der Waals surface area contributed by atoms with E-state index in [2.05, 4.69) is 4.72 Å². The van der Waals surface area contributed by atoms with Gasteiger partial charge in [-0.25, -0.2) is 16.8 Å². The average Bonchev–Trinajstić information content (AvgIpc) is 2.94. The van der Waals surface area contributed by atoms with Crippen molar-refractivity contribution in [3.63, 3.8) is 0 Å². The van der Waals surface area contributed by atoms with Crippen LogP contribution in [0.15, 0.2) is 58.8 Å². The van der Waals surface area contributed by atoms with Gasteiger partial charge >= 0.3 is 0 Å². The lowest BCUT2D eigenvalue weighted by atomic mass is 10.1. The molecule has 3 aromatic carbocycles. The molecule has 0 saturated carbocycles. The standard InChI is InChI=1S/C25H25N3O12S2/c1-37-18-13-23(39-3)19(24(14-18)40-4)9-10-41(33,34)15-16-5-7-22(38-2)20(11-16)26-42(35,36)25-8-6-17(27(29)30)12-21(25)28(31)32/h5-14,26H,15H2,1-4H3/b10-9+. The van der Waals surface area contributed by atoms with Gasteiger partial charge in [-0.2, -0.15) is 0 Å². The number of nitrogens with zero attached hydrogens (tertiary/aromatic N) is 2. The van der Waals surface area contributed by atoms with Crippen LogP contribution < -0.4 is 23.7 Å². The molecule has 0 saturated heterocycles. The Hall–Kier alpha value is -4.90. The number of nitro groups is 2. The molecular formula is C25H25N3O12S2. The third-order valence-corrected chi connectivity index (χ3v) is 8.41. The van der Waals surface area contributed by atoms with Gasteiger partial charge in [-0.05, 0) is 29.8 Å². The number of nitrogens with one attached hydrogen (secondary N) is 1. The Kier molecular flexibility index (Phi) is 9.59.